The van der Waals surface area contributed by atoms with E-state index in [2.05, 4.69) is 28.7 Å². The number of hydrogen-bond donors (Lipinski definition) is 1. The van der Waals surface area contributed by atoms with Crippen molar-refractivity contribution in [1.29, 1.82) is 0 Å². The van der Waals surface area contributed by atoms with Crippen LogP contribution < -0.4 is 51.4 Å². The van der Waals surface area contributed by atoms with Gasteiger partial charge in [0.1, 0.15) is 6.33 Å². The first-order valence-corrected chi connectivity index (χ1v) is 4.37. The van der Waals surface area contributed by atoms with Crippen molar-refractivity contribution in [3.63, 3.8) is 0 Å². The van der Waals surface area contributed by atoms with Gasteiger partial charge in [0.05, 0.1) is 0 Å². The first-order chi connectivity index (χ1) is 5.97. The molecule has 0 aliphatic carbocycles. The zero-order valence-electron chi connectivity index (χ0n) is 7.73. The second kappa shape index (κ2) is 7.90. The molecule has 0 N–H and O–H groups in total. The van der Waals surface area contributed by atoms with Gasteiger partial charge in [0.15, 0.2) is 0 Å². The molecule has 0 saturated carbocycles. The van der Waals surface area contributed by atoms with Crippen LogP contribution >= 0.6 is 12.6 Å². The topological polar surface area (TPSA) is 25.8 Å². The molecule has 0 bridgehead atoms. The maximum absolute atomic E-state index is 4.04. The van der Waals surface area contributed by atoms with Crippen molar-refractivity contribution < 1.29 is 51.4 Å². The summed E-state index contributed by atoms with van der Waals surface area (Å²) in [6, 6.07) is 8.58. The van der Waals surface area contributed by atoms with Crippen molar-refractivity contribution in [3.05, 3.63) is 36.8 Å². The largest absolute Gasteiger partial charge is 1.00 e. The Morgan fingerprint density at radius 3 is 2.85 bits per heavy atom. The van der Waals surface area contributed by atoms with Gasteiger partial charge in [-0.2, -0.15) is 36.9 Å². The number of aromatic nitrogens is 2. The molecule has 62 valence electrons. The van der Waals surface area contributed by atoms with E-state index in [0.29, 0.717) is 0 Å². The van der Waals surface area contributed by atoms with Gasteiger partial charge in [-0.25, -0.2) is 4.98 Å². The van der Waals surface area contributed by atoms with Crippen molar-refractivity contribution in [1.82, 2.24) is 9.97 Å². The summed E-state index contributed by atoms with van der Waals surface area (Å²) in [6.45, 7) is 0. The van der Waals surface area contributed by atoms with Crippen LogP contribution in [-0.2, 0) is 0 Å². The molecule has 1 heterocycles. The van der Waals surface area contributed by atoms with Crippen LogP contribution in [0.25, 0.3) is 10.9 Å². The summed E-state index contributed by atoms with van der Waals surface area (Å²) in [6.07, 6.45) is 5.02. The van der Waals surface area contributed by atoms with Gasteiger partial charge in [0.25, 0.3) is 0 Å². The molecule has 1 aromatic heterocycles. The number of thiol groups is 1. The zero-order valence-corrected chi connectivity index (χ0v) is 11.7. The van der Waals surface area contributed by atoms with E-state index in [4.69, 9.17) is 0 Å². The summed E-state index contributed by atoms with van der Waals surface area (Å²) < 4.78 is 0. The van der Waals surface area contributed by atoms with E-state index >= 15 is 0 Å². The molecule has 0 saturated heterocycles. The minimum Gasteiger partial charge on any atom is -0.302 e. The number of hydrogen-bond acceptors (Lipinski definition) is 3. The molecule has 0 radical (unpaired) electrons. The molecule has 2 rings (SSSR count). The molecule has 4 heteroatoms. The van der Waals surface area contributed by atoms with Crippen LogP contribution in [0.15, 0.2) is 30.7 Å². The molecule has 0 aliphatic rings. The van der Waals surface area contributed by atoms with E-state index in [0.717, 1.165) is 10.9 Å². The average molecular weight is 216 g/mol. The van der Waals surface area contributed by atoms with Gasteiger partial charge in [-0.1, -0.05) is 5.39 Å². The monoisotopic (exact) mass is 216 g/mol. The fraction of sp³-hybridized carbons (Fsp3) is 0.111. The van der Waals surface area contributed by atoms with Crippen LogP contribution in [0.5, 0.6) is 0 Å². The Morgan fingerprint density at radius 2 is 2.15 bits per heavy atom. The Morgan fingerprint density at radius 1 is 1.38 bits per heavy atom. The molecule has 0 aliphatic heterocycles. The minimum absolute atomic E-state index is 0. The molecule has 0 atom stereocenters. The van der Waals surface area contributed by atoms with Gasteiger partial charge < -0.3 is 4.98 Å². The average Bonchev–Trinajstić information content (AvgIpc) is 2.21. The molecular formula is C9H9KN2S. The molecular weight excluding hydrogens is 207 g/mol. The fourth-order valence-corrected chi connectivity index (χ4v) is 0.864. The molecule has 13 heavy (non-hydrogen) atoms. The van der Waals surface area contributed by atoms with E-state index in [-0.39, 0.29) is 51.4 Å². The normalized spacial score (nSPS) is 8.15. The van der Waals surface area contributed by atoms with Crippen molar-refractivity contribution in [2.75, 3.05) is 6.26 Å². The van der Waals surface area contributed by atoms with E-state index in [1.807, 2.05) is 18.2 Å². The van der Waals surface area contributed by atoms with Crippen LogP contribution in [-0.4, -0.2) is 16.2 Å². The van der Waals surface area contributed by atoms with Crippen LogP contribution in [0.1, 0.15) is 0 Å². The third kappa shape index (κ3) is 4.06. The first-order valence-electron chi connectivity index (χ1n) is 3.47. The maximum atomic E-state index is 4.04. The van der Waals surface area contributed by atoms with Gasteiger partial charge in [-0.3, -0.25) is 0 Å². The summed E-state index contributed by atoms with van der Waals surface area (Å²) in [5.74, 6) is 0. The zero-order chi connectivity index (χ0) is 8.81. The van der Waals surface area contributed by atoms with Crippen LogP contribution in [0.4, 0.5) is 0 Å². The number of nitrogens with zero attached hydrogens (tertiary/aromatic N) is 2. The van der Waals surface area contributed by atoms with Gasteiger partial charge in [0, 0.05) is 6.20 Å². The van der Waals surface area contributed by atoms with E-state index in [1.54, 1.807) is 12.5 Å². The number of fused-ring (bicyclic) bond motifs is 1. The van der Waals surface area contributed by atoms with E-state index < -0.39 is 0 Å². The SMILES string of the molecule is CS.[K+].[c-]1ccc2cncnc2c1. The Labute approximate surface area is 126 Å². The smallest absolute Gasteiger partial charge is 0.302 e. The van der Waals surface area contributed by atoms with Crippen molar-refractivity contribution >= 4 is 23.5 Å². The molecule has 0 amide bonds. The van der Waals surface area contributed by atoms with Crippen LogP contribution in [0.3, 0.4) is 0 Å². The van der Waals surface area contributed by atoms with Crippen molar-refractivity contribution in [3.8, 4) is 0 Å². The number of rotatable bonds is 0. The molecule has 2 aromatic rings. The molecule has 0 spiro atoms. The summed E-state index contributed by atoms with van der Waals surface area (Å²) in [5, 5.41) is 1.06. The van der Waals surface area contributed by atoms with Gasteiger partial charge in [0.2, 0.25) is 0 Å². The number of benzene rings is 1. The third-order valence-corrected chi connectivity index (χ3v) is 1.35. The molecule has 0 unspecified atom stereocenters. The summed E-state index contributed by atoms with van der Waals surface area (Å²) in [5.41, 5.74) is 0.942. The predicted molar refractivity (Wildman–Crippen MR) is 53.3 cm³/mol. The molecule has 2 nitrogen and oxygen atoms in total. The van der Waals surface area contributed by atoms with Crippen LogP contribution in [0, 0.1) is 6.07 Å². The van der Waals surface area contributed by atoms with E-state index in [9.17, 15) is 0 Å². The maximum Gasteiger partial charge on any atom is 1.00 e. The van der Waals surface area contributed by atoms with Crippen LogP contribution in [0.2, 0.25) is 0 Å². The second-order valence-electron chi connectivity index (χ2n) is 2.01. The summed E-state index contributed by atoms with van der Waals surface area (Å²) in [4.78, 5) is 7.93. The summed E-state index contributed by atoms with van der Waals surface area (Å²) >= 11 is 3.53. The Balaban J connectivity index is 0.000000451. The molecule has 0 fully saturated rings. The van der Waals surface area contributed by atoms with Gasteiger partial charge in [-0.05, 0) is 11.8 Å². The Hall–Kier alpha value is 0.546. The van der Waals surface area contributed by atoms with Gasteiger partial charge in [-0.15, -0.1) is 0 Å². The fourth-order valence-electron chi connectivity index (χ4n) is 0.864. The van der Waals surface area contributed by atoms with Crippen molar-refractivity contribution in [2.45, 2.75) is 0 Å². The van der Waals surface area contributed by atoms with Gasteiger partial charge >= 0.3 is 51.4 Å². The molecule has 1 aromatic carbocycles. The quantitative estimate of drug-likeness (QED) is 0.346. The standard InChI is InChI=1S/C8H5N2.CH4S.K/c1-2-4-8-7(3-1)5-9-6-10-8;1-2;/h1,3-6H;2H,1H3;/q-1;;+1. The minimum atomic E-state index is 0. The van der Waals surface area contributed by atoms with Crippen molar-refractivity contribution in [2.24, 2.45) is 0 Å². The second-order valence-corrected chi connectivity index (χ2v) is 2.01. The Kier molecular flexibility index (Phi) is 8.24. The Bertz CT molecular complexity index is 289. The third-order valence-electron chi connectivity index (χ3n) is 1.35. The summed E-state index contributed by atoms with van der Waals surface area (Å²) in [7, 11) is 0. The van der Waals surface area contributed by atoms with E-state index in [1.165, 1.54) is 6.33 Å². The predicted octanol–water partition coefficient (Wildman–Crippen LogP) is -1.02. The first kappa shape index (κ1) is 13.5.